The van der Waals surface area contributed by atoms with Crippen molar-refractivity contribution in [3.05, 3.63) is 51.6 Å². The Labute approximate surface area is 130 Å². The summed E-state index contributed by atoms with van der Waals surface area (Å²) >= 11 is 3.50. The van der Waals surface area contributed by atoms with Crippen molar-refractivity contribution in [1.29, 1.82) is 0 Å². The lowest BCUT2D eigenvalue weighted by Crippen LogP contribution is -2.13. The molecule has 0 fully saturated rings. The Balaban J connectivity index is 2.44. The van der Waals surface area contributed by atoms with Crippen LogP contribution in [0.4, 0.5) is 11.5 Å². The highest BCUT2D eigenvalue weighted by molar-refractivity contribution is 9.10. The number of anilines is 2. The van der Waals surface area contributed by atoms with E-state index in [9.17, 15) is 0 Å². The average molecular weight is 333 g/mol. The summed E-state index contributed by atoms with van der Waals surface area (Å²) in [6.07, 6.45) is 0. The first-order valence-electron chi connectivity index (χ1n) is 6.87. The van der Waals surface area contributed by atoms with Gasteiger partial charge in [-0.2, -0.15) is 0 Å². The highest BCUT2D eigenvalue weighted by Crippen LogP contribution is 2.30. The van der Waals surface area contributed by atoms with Gasteiger partial charge in [0.25, 0.3) is 0 Å². The molecule has 0 atom stereocenters. The van der Waals surface area contributed by atoms with Crippen LogP contribution in [0.1, 0.15) is 36.6 Å². The van der Waals surface area contributed by atoms with Crippen molar-refractivity contribution in [2.75, 3.05) is 11.9 Å². The lowest BCUT2D eigenvalue weighted by Gasteiger charge is -2.22. The number of rotatable bonds is 3. The summed E-state index contributed by atoms with van der Waals surface area (Å²) in [5.74, 6) is 1.50. The van der Waals surface area contributed by atoms with E-state index >= 15 is 0 Å². The first-order chi connectivity index (χ1) is 9.40. The largest absolute Gasteiger partial charge is 0.329 e. The minimum absolute atomic E-state index is 0.530. The number of nitrogens with zero attached hydrogens (tertiary/aromatic N) is 2. The molecule has 1 aromatic carbocycles. The van der Waals surface area contributed by atoms with Gasteiger partial charge in [0, 0.05) is 17.2 Å². The van der Waals surface area contributed by atoms with E-state index in [2.05, 4.69) is 77.9 Å². The number of hydrogen-bond donors (Lipinski definition) is 0. The van der Waals surface area contributed by atoms with E-state index in [4.69, 9.17) is 0 Å². The monoisotopic (exact) mass is 332 g/mol. The average Bonchev–Trinajstić information content (AvgIpc) is 2.41. The molecule has 0 amide bonds. The molecule has 1 aromatic heterocycles. The van der Waals surface area contributed by atoms with Gasteiger partial charge >= 0.3 is 0 Å². The minimum Gasteiger partial charge on any atom is -0.329 e. The summed E-state index contributed by atoms with van der Waals surface area (Å²) in [6.45, 7) is 8.59. The number of benzene rings is 1. The standard InChI is InChI=1S/C17H21BrN2/c1-11(2)14-7-6-12(3)16(10-14)20(5)17-9-8-15(18)13(4)19-17/h6-11H,1-5H3. The number of halogens is 1. The summed E-state index contributed by atoms with van der Waals surface area (Å²) in [4.78, 5) is 6.80. The van der Waals surface area contributed by atoms with Gasteiger partial charge in [-0.3, -0.25) is 0 Å². The van der Waals surface area contributed by atoms with Crippen molar-refractivity contribution >= 4 is 27.4 Å². The van der Waals surface area contributed by atoms with Crippen LogP contribution in [-0.4, -0.2) is 12.0 Å². The Morgan fingerprint density at radius 3 is 2.40 bits per heavy atom. The molecule has 1 heterocycles. The van der Waals surface area contributed by atoms with Gasteiger partial charge in [0.05, 0.1) is 5.69 Å². The van der Waals surface area contributed by atoms with Gasteiger partial charge in [0.2, 0.25) is 0 Å². The first-order valence-corrected chi connectivity index (χ1v) is 7.67. The molecule has 2 rings (SSSR count). The quantitative estimate of drug-likeness (QED) is 0.752. The number of aromatic nitrogens is 1. The van der Waals surface area contributed by atoms with Gasteiger partial charge in [-0.05, 0) is 65.0 Å². The maximum atomic E-state index is 4.64. The Kier molecular flexibility index (Phi) is 4.48. The third-order valence-corrected chi connectivity index (χ3v) is 4.45. The molecule has 20 heavy (non-hydrogen) atoms. The molecular formula is C17H21BrN2. The van der Waals surface area contributed by atoms with Crippen LogP contribution in [0.5, 0.6) is 0 Å². The zero-order valence-corrected chi connectivity index (χ0v) is 14.3. The van der Waals surface area contributed by atoms with E-state index in [1.54, 1.807) is 0 Å². The molecule has 106 valence electrons. The van der Waals surface area contributed by atoms with Gasteiger partial charge < -0.3 is 4.90 Å². The minimum atomic E-state index is 0.530. The van der Waals surface area contributed by atoms with Crippen LogP contribution in [0.25, 0.3) is 0 Å². The first kappa shape index (κ1) is 15.0. The fraction of sp³-hybridized carbons (Fsp3) is 0.353. The van der Waals surface area contributed by atoms with Crippen LogP contribution in [0, 0.1) is 13.8 Å². The summed E-state index contributed by atoms with van der Waals surface area (Å²) in [5, 5.41) is 0. The Morgan fingerprint density at radius 2 is 1.80 bits per heavy atom. The number of pyridine rings is 1. The fourth-order valence-corrected chi connectivity index (χ4v) is 2.41. The number of hydrogen-bond acceptors (Lipinski definition) is 2. The van der Waals surface area contributed by atoms with Gasteiger partial charge in [0.15, 0.2) is 0 Å². The molecule has 0 spiro atoms. The summed E-state index contributed by atoms with van der Waals surface area (Å²) in [7, 11) is 2.07. The van der Waals surface area contributed by atoms with E-state index in [1.807, 2.05) is 13.0 Å². The normalized spacial score (nSPS) is 10.9. The second-order valence-corrected chi connectivity index (χ2v) is 6.35. The predicted molar refractivity (Wildman–Crippen MR) is 90.0 cm³/mol. The molecule has 3 heteroatoms. The molecule has 2 aromatic rings. The van der Waals surface area contributed by atoms with Crippen LogP contribution in [0.15, 0.2) is 34.8 Å². The summed E-state index contributed by atoms with van der Waals surface area (Å²) in [6, 6.07) is 10.7. The number of aryl methyl sites for hydroxylation is 2. The van der Waals surface area contributed by atoms with Crippen LogP contribution < -0.4 is 4.90 Å². The molecule has 0 aliphatic heterocycles. The Morgan fingerprint density at radius 1 is 1.10 bits per heavy atom. The second-order valence-electron chi connectivity index (χ2n) is 5.50. The zero-order chi connectivity index (χ0) is 14.9. The van der Waals surface area contributed by atoms with Crippen LogP contribution in [-0.2, 0) is 0 Å². The molecule has 0 unspecified atom stereocenters. The third-order valence-electron chi connectivity index (χ3n) is 3.61. The van der Waals surface area contributed by atoms with Gasteiger partial charge in [-0.15, -0.1) is 0 Å². The molecule has 0 saturated carbocycles. The molecule has 0 aliphatic rings. The maximum Gasteiger partial charge on any atom is 0.133 e. The highest BCUT2D eigenvalue weighted by Gasteiger charge is 2.11. The Bertz CT molecular complexity index is 620. The fourth-order valence-electron chi connectivity index (χ4n) is 2.19. The van der Waals surface area contributed by atoms with Gasteiger partial charge in [-0.25, -0.2) is 4.98 Å². The van der Waals surface area contributed by atoms with Crippen molar-refractivity contribution in [1.82, 2.24) is 4.98 Å². The second kappa shape index (κ2) is 5.96. The smallest absolute Gasteiger partial charge is 0.133 e. The zero-order valence-electron chi connectivity index (χ0n) is 12.7. The highest BCUT2D eigenvalue weighted by atomic mass is 79.9. The lowest BCUT2D eigenvalue weighted by atomic mass is 10.0. The molecule has 2 nitrogen and oxygen atoms in total. The van der Waals surface area contributed by atoms with Crippen molar-refractivity contribution in [3.8, 4) is 0 Å². The van der Waals surface area contributed by atoms with Crippen LogP contribution >= 0.6 is 15.9 Å². The molecule has 0 radical (unpaired) electrons. The predicted octanol–water partition coefficient (Wildman–Crippen LogP) is 5.35. The van der Waals surface area contributed by atoms with E-state index in [-0.39, 0.29) is 0 Å². The molecular weight excluding hydrogens is 312 g/mol. The van der Waals surface area contributed by atoms with Crippen molar-refractivity contribution in [2.45, 2.75) is 33.6 Å². The van der Waals surface area contributed by atoms with Crippen molar-refractivity contribution in [3.63, 3.8) is 0 Å². The van der Waals surface area contributed by atoms with Crippen molar-refractivity contribution < 1.29 is 0 Å². The summed E-state index contributed by atoms with van der Waals surface area (Å²) in [5.41, 5.74) is 4.84. The molecule has 0 N–H and O–H groups in total. The maximum absolute atomic E-state index is 4.64. The van der Waals surface area contributed by atoms with E-state index in [1.165, 1.54) is 16.8 Å². The van der Waals surface area contributed by atoms with Crippen molar-refractivity contribution in [2.24, 2.45) is 0 Å². The molecule has 0 bridgehead atoms. The van der Waals surface area contributed by atoms with E-state index < -0.39 is 0 Å². The molecule has 0 aliphatic carbocycles. The van der Waals surface area contributed by atoms with Crippen LogP contribution in [0.2, 0.25) is 0 Å². The van der Waals surface area contributed by atoms with E-state index in [0.29, 0.717) is 5.92 Å². The lowest BCUT2D eigenvalue weighted by molar-refractivity contribution is 0.864. The van der Waals surface area contributed by atoms with Crippen LogP contribution in [0.3, 0.4) is 0 Å². The van der Waals surface area contributed by atoms with Gasteiger partial charge in [-0.1, -0.05) is 26.0 Å². The SMILES string of the molecule is Cc1ccc(C(C)C)cc1N(C)c1ccc(Br)c(C)n1. The Hall–Kier alpha value is -1.35. The summed E-state index contributed by atoms with van der Waals surface area (Å²) < 4.78 is 1.04. The third kappa shape index (κ3) is 3.04. The van der Waals surface area contributed by atoms with Gasteiger partial charge in [0.1, 0.15) is 5.82 Å². The van der Waals surface area contributed by atoms with E-state index in [0.717, 1.165) is 16.0 Å². The molecule has 0 saturated heterocycles. The topological polar surface area (TPSA) is 16.1 Å².